The Morgan fingerprint density at radius 1 is 1.13 bits per heavy atom. The van der Waals surface area contributed by atoms with Crippen molar-refractivity contribution in [2.75, 3.05) is 5.43 Å². The molecule has 0 aliphatic carbocycles. The Labute approximate surface area is 130 Å². The van der Waals surface area contributed by atoms with Gasteiger partial charge in [-0.25, -0.2) is 0 Å². The number of phenolic OH excluding ortho intramolecular Hbond substituents is 1. The molecule has 2 N–H and O–H groups in total. The lowest BCUT2D eigenvalue weighted by atomic mass is 10.1. The van der Waals surface area contributed by atoms with Gasteiger partial charge in [-0.15, -0.1) is 0 Å². The van der Waals surface area contributed by atoms with Crippen molar-refractivity contribution in [3.8, 4) is 5.75 Å². The molecule has 118 valence electrons. The topological polar surface area (TPSA) is 131 Å². The molecule has 2 aromatic rings. The summed E-state index contributed by atoms with van der Waals surface area (Å²) in [6.45, 7) is 1.84. The zero-order valence-corrected chi connectivity index (χ0v) is 12.0. The number of nitrogens with one attached hydrogen (secondary N) is 1. The van der Waals surface area contributed by atoms with Crippen molar-refractivity contribution in [2.45, 2.75) is 6.92 Å². The number of rotatable bonds is 5. The molecule has 0 spiro atoms. The van der Waals surface area contributed by atoms with Crippen LogP contribution < -0.4 is 5.43 Å². The van der Waals surface area contributed by atoms with E-state index >= 15 is 0 Å². The van der Waals surface area contributed by atoms with Crippen LogP contribution in [0.15, 0.2) is 41.5 Å². The highest BCUT2D eigenvalue weighted by atomic mass is 16.6. The third kappa shape index (κ3) is 3.79. The Kier molecular flexibility index (Phi) is 4.50. The lowest BCUT2D eigenvalue weighted by Gasteiger charge is -2.03. The van der Waals surface area contributed by atoms with Crippen LogP contribution in [0.2, 0.25) is 0 Å². The number of hydrazone groups is 1. The molecule has 0 aliphatic rings. The number of aryl methyl sites for hydroxylation is 1. The van der Waals surface area contributed by atoms with Crippen molar-refractivity contribution < 1.29 is 15.0 Å². The van der Waals surface area contributed by atoms with E-state index in [-0.39, 0.29) is 17.1 Å². The summed E-state index contributed by atoms with van der Waals surface area (Å²) in [5, 5.41) is 35.1. The van der Waals surface area contributed by atoms with Crippen LogP contribution in [-0.4, -0.2) is 21.2 Å². The number of phenols is 1. The molecule has 0 saturated heterocycles. The first-order valence-corrected chi connectivity index (χ1v) is 6.40. The number of hydrogen-bond acceptors (Lipinski definition) is 7. The Bertz CT molecular complexity index is 804. The Morgan fingerprint density at radius 2 is 1.87 bits per heavy atom. The normalized spacial score (nSPS) is 10.7. The first-order valence-electron chi connectivity index (χ1n) is 6.40. The Balaban J connectivity index is 2.26. The van der Waals surface area contributed by atoms with Gasteiger partial charge in [-0.3, -0.25) is 25.7 Å². The molecule has 0 fully saturated rings. The molecule has 0 heterocycles. The minimum absolute atomic E-state index is 0.00370. The summed E-state index contributed by atoms with van der Waals surface area (Å²) in [4.78, 5) is 20.2. The van der Waals surface area contributed by atoms with Crippen LogP contribution in [-0.2, 0) is 0 Å². The van der Waals surface area contributed by atoms with Crippen LogP contribution in [0.1, 0.15) is 11.1 Å². The van der Waals surface area contributed by atoms with E-state index in [2.05, 4.69) is 10.5 Å². The Morgan fingerprint density at radius 3 is 2.52 bits per heavy atom. The van der Waals surface area contributed by atoms with Crippen LogP contribution in [0.5, 0.6) is 5.75 Å². The van der Waals surface area contributed by atoms with Crippen molar-refractivity contribution in [2.24, 2.45) is 5.10 Å². The maximum Gasteiger partial charge on any atom is 0.301 e. The van der Waals surface area contributed by atoms with Gasteiger partial charge in [0.15, 0.2) is 0 Å². The molecule has 23 heavy (non-hydrogen) atoms. The van der Waals surface area contributed by atoms with Gasteiger partial charge >= 0.3 is 5.69 Å². The second kappa shape index (κ2) is 6.52. The maximum absolute atomic E-state index is 11.0. The number of nitro benzene ring substituents is 2. The lowest BCUT2D eigenvalue weighted by Crippen LogP contribution is -1.98. The number of benzene rings is 2. The van der Waals surface area contributed by atoms with Gasteiger partial charge in [-0.1, -0.05) is 11.6 Å². The number of non-ortho nitro benzene ring substituents is 1. The van der Waals surface area contributed by atoms with E-state index in [1.165, 1.54) is 18.3 Å². The molecular formula is C14H12N4O5. The van der Waals surface area contributed by atoms with Gasteiger partial charge < -0.3 is 5.11 Å². The van der Waals surface area contributed by atoms with E-state index < -0.39 is 15.5 Å². The summed E-state index contributed by atoms with van der Waals surface area (Å²) in [6, 6.07) is 8.09. The molecule has 0 bridgehead atoms. The molecule has 0 atom stereocenters. The number of nitrogens with zero attached hydrogens (tertiary/aromatic N) is 3. The average Bonchev–Trinajstić information content (AvgIpc) is 2.50. The molecule has 0 radical (unpaired) electrons. The van der Waals surface area contributed by atoms with Crippen molar-refractivity contribution in [3.05, 3.63) is 67.8 Å². The fourth-order valence-corrected chi connectivity index (χ4v) is 1.83. The first-order chi connectivity index (χ1) is 10.9. The average molecular weight is 316 g/mol. The third-order valence-electron chi connectivity index (χ3n) is 2.96. The largest absolute Gasteiger partial charge is 0.507 e. The third-order valence-corrected chi connectivity index (χ3v) is 2.96. The van der Waals surface area contributed by atoms with Crippen LogP contribution in [0.3, 0.4) is 0 Å². The summed E-state index contributed by atoms with van der Waals surface area (Å²) in [7, 11) is 0. The SMILES string of the molecule is Cc1ccc(O)c(/C=N/Nc2ccc([N+](=O)[O-])cc2[N+](=O)[O-])c1. The summed E-state index contributed by atoms with van der Waals surface area (Å²) >= 11 is 0. The van der Waals surface area contributed by atoms with Crippen molar-refractivity contribution in [1.29, 1.82) is 0 Å². The second-order valence-electron chi connectivity index (χ2n) is 4.65. The van der Waals surface area contributed by atoms with Gasteiger partial charge in [-0.05, 0) is 25.1 Å². The van der Waals surface area contributed by atoms with Gasteiger partial charge in [0.25, 0.3) is 5.69 Å². The predicted molar refractivity (Wildman–Crippen MR) is 83.8 cm³/mol. The van der Waals surface area contributed by atoms with E-state index in [4.69, 9.17) is 0 Å². The number of anilines is 1. The minimum Gasteiger partial charge on any atom is -0.507 e. The zero-order valence-electron chi connectivity index (χ0n) is 12.0. The van der Waals surface area contributed by atoms with E-state index in [1.807, 2.05) is 6.92 Å². The molecule has 9 nitrogen and oxygen atoms in total. The van der Waals surface area contributed by atoms with Crippen LogP contribution in [0.4, 0.5) is 17.1 Å². The summed E-state index contributed by atoms with van der Waals surface area (Å²) in [6.07, 6.45) is 1.30. The minimum atomic E-state index is -0.741. The summed E-state index contributed by atoms with van der Waals surface area (Å²) < 4.78 is 0. The maximum atomic E-state index is 11.0. The highest BCUT2D eigenvalue weighted by molar-refractivity contribution is 5.84. The molecule has 0 saturated carbocycles. The van der Waals surface area contributed by atoms with Crippen molar-refractivity contribution in [3.63, 3.8) is 0 Å². The molecule has 0 aromatic heterocycles. The zero-order chi connectivity index (χ0) is 17.0. The quantitative estimate of drug-likeness (QED) is 0.495. The standard InChI is InChI=1S/C14H12N4O5/c1-9-2-5-14(19)10(6-9)8-15-16-12-4-3-11(17(20)21)7-13(12)18(22)23/h2-8,16,19H,1H3/b15-8+. The number of nitro groups is 2. The molecular weight excluding hydrogens is 304 g/mol. The van der Waals surface area contributed by atoms with Gasteiger partial charge in [0.05, 0.1) is 22.1 Å². The van der Waals surface area contributed by atoms with Crippen LogP contribution in [0.25, 0.3) is 0 Å². The fourth-order valence-electron chi connectivity index (χ4n) is 1.83. The van der Waals surface area contributed by atoms with Gasteiger partial charge in [0, 0.05) is 11.6 Å². The van der Waals surface area contributed by atoms with Gasteiger partial charge in [-0.2, -0.15) is 5.10 Å². The van der Waals surface area contributed by atoms with Crippen molar-refractivity contribution in [1.82, 2.24) is 0 Å². The predicted octanol–water partition coefficient (Wildman–Crippen LogP) is 2.96. The Hall–Kier alpha value is -3.49. The molecule has 2 rings (SSSR count). The molecule has 9 heteroatoms. The van der Waals surface area contributed by atoms with Gasteiger partial charge in [0.1, 0.15) is 11.4 Å². The fraction of sp³-hybridized carbons (Fsp3) is 0.0714. The second-order valence-corrected chi connectivity index (χ2v) is 4.65. The summed E-state index contributed by atoms with van der Waals surface area (Å²) in [5.74, 6) is 0.0133. The highest BCUT2D eigenvalue weighted by Gasteiger charge is 2.19. The monoisotopic (exact) mass is 316 g/mol. The highest BCUT2D eigenvalue weighted by Crippen LogP contribution is 2.29. The van der Waals surface area contributed by atoms with Crippen LogP contribution >= 0.6 is 0 Å². The molecule has 0 aliphatic heterocycles. The van der Waals surface area contributed by atoms with Crippen molar-refractivity contribution >= 4 is 23.3 Å². The lowest BCUT2D eigenvalue weighted by molar-refractivity contribution is -0.393. The van der Waals surface area contributed by atoms with Gasteiger partial charge in [0.2, 0.25) is 0 Å². The molecule has 2 aromatic carbocycles. The van der Waals surface area contributed by atoms with Crippen LogP contribution in [0, 0.1) is 27.2 Å². The number of aromatic hydroxyl groups is 1. The summed E-state index contributed by atoms with van der Waals surface area (Å²) in [5.41, 5.74) is 2.94. The van der Waals surface area contributed by atoms with E-state index in [0.717, 1.165) is 17.7 Å². The number of hydrogen-bond donors (Lipinski definition) is 2. The first kappa shape index (κ1) is 15.9. The molecule has 0 unspecified atom stereocenters. The van der Waals surface area contributed by atoms with E-state index in [1.54, 1.807) is 12.1 Å². The smallest absolute Gasteiger partial charge is 0.301 e. The van der Waals surface area contributed by atoms with E-state index in [0.29, 0.717) is 5.56 Å². The molecule has 0 amide bonds. The van der Waals surface area contributed by atoms with E-state index in [9.17, 15) is 25.3 Å².